The number of pyridine rings is 1. The van der Waals surface area contributed by atoms with Crippen LogP contribution in [0.2, 0.25) is 5.02 Å². The Balaban J connectivity index is 1.58. The average molecular weight is 473 g/mol. The molecule has 0 bridgehead atoms. The summed E-state index contributed by atoms with van der Waals surface area (Å²) in [6, 6.07) is 17.8. The third-order valence-corrected chi connectivity index (χ3v) is 5.81. The number of halogens is 1. The van der Waals surface area contributed by atoms with Crippen LogP contribution in [0.15, 0.2) is 84.3 Å². The number of fused-ring (bicyclic) bond motifs is 1. The molecule has 2 aromatic heterocycles. The Bertz CT molecular complexity index is 1380. The van der Waals surface area contributed by atoms with E-state index in [0.717, 1.165) is 11.1 Å². The number of rotatable bonds is 5. The summed E-state index contributed by atoms with van der Waals surface area (Å²) in [6.45, 7) is 1.85. The van der Waals surface area contributed by atoms with Gasteiger partial charge in [0.05, 0.1) is 18.4 Å². The minimum absolute atomic E-state index is 0.280. The quantitative estimate of drug-likeness (QED) is 0.427. The van der Waals surface area contributed by atoms with Gasteiger partial charge in [0, 0.05) is 28.7 Å². The van der Waals surface area contributed by atoms with Crippen molar-refractivity contribution >= 4 is 29.1 Å². The van der Waals surface area contributed by atoms with Crippen LogP contribution in [0.1, 0.15) is 18.5 Å². The third-order valence-electron chi connectivity index (χ3n) is 5.55. The number of carbonyl (C=O) groups excluding carboxylic acids is 1. The topological polar surface area (TPSA) is 94.0 Å². The van der Waals surface area contributed by atoms with E-state index >= 15 is 0 Å². The molecule has 0 saturated heterocycles. The van der Waals surface area contributed by atoms with Crippen LogP contribution in [0, 0.1) is 0 Å². The monoisotopic (exact) mass is 472 g/mol. The van der Waals surface area contributed by atoms with Crippen molar-refractivity contribution in [3.8, 4) is 17.1 Å². The number of carbonyl (C=O) groups is 1. The van der Waals surface area contributed by atoms with Gasteiger partial charge in [0.1, 0.15) is 11.8 Å². The number of allylic oxidation sites excluding steroid dienone is 1. The van der Waals surface area contributed by atoms with Gasteiger partial charge in [-0.1, -0.05) is 29.8 Å². The first-order chi connectivity index (χ1) is 16.5. The molecule has 1 aliphatic rings. The minimum Gasteiger partial charge on any atom is -0.495 e. The van der Waals surface area contributed by atoms with Crippen molar-refractivity contribution in [2.24, 2.45) is 0 Å². The number of ether oxygens (including phenoxy) is 1. The number of anilines is 2. The molecule has 0 radical (unpaired) electrons. The maximum atomic E-state index is 13.6. The maximum absolute atomic E-state index is 13.6. The van der Waals surface area contributed by atoms with E-state index in [9.17, 15) is 4.79 Å². The molecule has 170 valence electrons. The molecule has 0 aliphatic carbocycles. The summed E-state index contributed by atoms with van der Waals surface area (Å²) in [5.74, 6) is 1.34. The van der Waals surface area contributed by atoms with Crippen LogP contribution in [0.5, 0.6) is 5.75 Å². The standard InChI is InChI=1S/C25H21ClN6O2/c1-15-21(24(33)29-19-7-3-4-8-20(19)34-2)22(17-6-5-13-27-14-17)32-25(28-15)30-23(31-32)16-9-11-18(26)12-10-16/h3-14,22H,1-2H3,(H,29,33)(H,28,30,31)/t22-/m0/s1. The van der Waals surface area contributed by atoms with E-state index in [0.29, 0.717) is 39.5 Å². The summed E-state index contributed by atoms with van der Waals surface area (Å²) in [6.07, 6.45) is 3.42. The molecule has 1 amide bonds. The number of hydrogen-bond donors (Lipinski definition) is 2. The molecule has 1 atom stereocenters. The van der Waals surface area contributed by atoms with Crippen molar-refractivity contribution in [3.05, 3.63) is 94.9 Å². The van der Waals surface area contributed by atoms with Crippen molar-refractivity contribution in [1.29, 1.82) is 0 Å². The molecule has 3 heterocycles. The van der Waals surface area contributed by atoms with E-state index in [2.05, 4.69) is 20.6 Å². The Morgan fingerprint density at radius 3 is 2.65 bits per heavy atom. The molecule has 0 saturated carbocycles. The molecule has 5 rings (SSSR count). The molecule has 4 aromatic rings. The number of nitrogens with zero attached hydrogens (tertiary/aromatic N) is 4. The Morgan fingerprint density at radius 2 is 1.91 bits per heavy atom. The summed E-state index contributed by atoms with van der Waals surface area (Å²) >= 11 is 6.04. The first-order valence-corrected chi connectivity index (χ1v) is 11.0. The molecule has 8 nitrogen and oxygen atoms in total. The SMILES string of the molecule is COc1ccccc1NC(=O)C1=C(C)Nc2nc(-c3ccc(Cl)cc3)nn2[C@H]1c1cccnc1. The van der Waals surface area contributed by atoms with Crippen LogP contribution in [0.3, 0.4) is 0 Å². The average Bonchev–Trinajstić information content (AvgIpc) is 3.28. The Morgan fingerprint density at radius 1 is 1.12 bits per heavy atom. The number of aromatic nitrogens is 4. The summed E-state index contributed by atoms with van der Waals surface area (Å²) < 4.78 is 7.11. The van der Waals surface area contributed by atoms with Crippen molar-refractivity contribution in [2.75, 3.05) is 17.7 Å². The Hall–Kier alpha value is -4.17. The van der Waals surface area contributed by atoms with E-state index < -0.39 is 6.04 Å². The highest BCUT2D eigenvalue weighted by Gasteiger charge is 2.34. The molecule has 2 aromatic carbocycles. The van der Waals surface area contributed by atoms with Crippen LogP contribution >= 0.6 is 11.6 Å². The number of benzene rings is 2. The normalized spacial score (nSPS) is 14.9. The predicted octanol–water partition coefficient (Wildman–Crippen LogP) is 4.93. The highest BCUT2D eigenvalue weighted by Crippen LogP contribution is 2.37. The molecular weight excluding hydrogens is 452 g/mol. The van der Waals surface area contributed by atoms with Gasteiger partial charge in [-0.3, -0.25) is 9.78 Å². The molecule has 0 spiro atoms. The van der Waals surface area contributed by atoms with E-state index in [1.807, 2.05) is 43.3 Å². The van der Waals surface area contributed by atoms with Gasteiger partial charge in [0.2, 0.25) is 5.95 Å². The first kappa shape index (κ1) is 21.7. The van der Waals surface area contributed by atoms with Gasteiger partial charge >= 0.3 is 0 Å². The molecule has 2 N–H and O–H groups in total. The van der Waals surface area contributed by atoms with Gasteiger partial charge in [-0.05, 0) is 55.0 Å². The van der Waals surface area contributed by atoms with Crippen molar-refractivity contribution in [2.45, 2.75) is 13.0 Å². The number of hydrogen-bond acceptors (Lipinski definition) is 6. The lowest BCUT2D eigenvalue weighted by Gasteiger charge is -2.28. The van der Waals surface area contributed by atoms with Crippen molar-refractivity contribution in [1.82, 2.24) is 19.7 Å². The van der Waals surface area contributed by atoms with Crippen LogP contribution in [0.25, 0.3) is 11.4 Å². The second kappa shape index (κ2) is 8.99. The van der Waals surface area contributed by atoms with Gasteiger partial charge in [-0.2, -0.15) is 4.98 Å². The highest BCUT2D eigenvalue weighted by molar-refractivity contribution is 6.30. The van der Waals surface area contributed by atoms with Crippen LogP contribution in [-0.2, 0) is 4.79 Å². The minimum atomic E-state index is -0.534. The summed E-state index contributed by atoms with van der Waals surface area (Å²) in [4.78, 5) is 22.5. The fourth-order valence-corrected chi connectivity index (χ4v) is 4.08. The van der Waals surface area contributed by atoms with Crippen molar-refractivity contribution in [3.63, 3.8) is 0 Å². The first-order valence-electron chi connectivity index (χ1n) is 10.6. The number of methoxy groups -OCH3 is 1. The van der Waals surface area contributed by atoms with E-state index in [4.69, 9.17) is 21.4 Å². The molecule has 9 heteroatoms. The fraction of sp³-hybridized carbons (Fsp3) is 0.120. The zero-order chi connectivity index (χ0) is 23.7. The highest BCUT2D eigenvalue weighted by atomic mass is 35.5. The smallest absolute Gasteiger partial charge is 0.255 e. The number of amides is 1. The Labute approximate surface area is 201 Å². The second-order valence-corrected chi connectivity index (χ2v) is 8.15. The van der Waals surface area contributed by atoms with Crippen LogP contribution in [-0.4, -0.2) is 32.8 Å². The van der Waals surface area contributed by atoms with Crippen LogP contribution in [0.4, 0.5) is 11.6 Å². The van der Waals surface area contributed by atoms with E-state index in [1.165, 1.54) is 0 Å². The summed E-state index contributed by atoms with van der Waals surface area (Å²) in [7, 11) is 1.57. The summed E-state index contributed by atoms with van der Waals surface area (Å²) in [5.41, 5.74) is 3.37. The molecule has 1 aliphatic heterocycles. The number of para-hydroxylation sites is 2. The largest absolute Gasteiger partial charge is 0.495 e. The molecular formula is C25H21ClN6O2. The van der Waals surface area contributed by atoms with Gasteiger partial charge in [-0.15, -0.1) is 5.10 Å². The fourth-order valence-electron chi connectivity index (χ4n) is 3.95. The molecule has 0 unspecified atom stereocenters. The lowest BCUT2D eigenvalue weighted by atomic mass is 9.96. The lowest BCUT2D eigenvalue weighted by Crippen LogP contribution is -2.31. The third kappa shape index (κ3) is 3.99. The predicted molar refractivity (Wildman–Crippen MR) is 131 cm³/mol. The lowest BCUT2D eigenvalue weighted by molar-refractivity contribution is -0.113. The second-order valence-electron chi connectivity index (χ2n) is 7.72. The van der Waals surface area contributed by atoms with Crippen molar-refractivity contribution < 1.29 is 9.53 Å². The number of nitrogens with one attached hydrogen (secondary N) is 2. The molecule has 34 heavy (non-hydrogen) atoms. The van der Waals surface area contributed by atoms with Gasteiger partial charge in [0.25, 0.3) is 5.91 Å². The van der Waals surface area contributed by atoms with Crippen LogP contribution < -0.4 is 15.4 Å². The Kier molecular flexibility index (Phi) is 5.73. The van der Waals surface area contributed by atoms with E-state index in [1.54, 1.807) is 48.5 Å². The van der Waals surface area contributed by atoms with E-state index in [-0.39, 0.29) is 5.91 Å². The zero-order valence-corrected chi connectivity index (χ0v) is 19.2. The van der Waals surface area contributed by atoms with Gasteiger partial charge < -0.3 is 15.4 Å². The van der Waals surface area contributed by atoms with Gasteiger partial charge in [-0.25, -0.2) is 4.68 Å². The zero-order valence-electron chi connectivity index (χ0n) is 18.5. The van der Waals surface area contributed by atoms with Gasteiger partial charge in [0.15, 0.2) is 5.82 Å². The maximum Gasteiger partial charge on any atom is 0.255 e. The molecule has 0 fully saturated rings. The summed E-state index contributed by atoms with van der Waals surface area (Å²) in [5, 5.41) is 11.6.